The fraction of sp³-hybridized carbons (Fsp3) is 0.625. The maximum atomic E-state index is 11.0. The first-order valence-corrected chi connectivity index (χ1v) is 4.22. The van der Waals surface area contributed by atoms with Crippen LogP contribution in [-0.2, 0) is 14.4 Å². The zero-order valence-electron chi connectivity index (χ0n) is 7.95. The molecule has 0 fully saturated rings. The highest BCUT2D eigenvalue weighted by atomic mass is 16.4. The quantitative estimate of drug-likeness (QED) is 0.488. The lowest BCUT2D eigenvalue weighted by Gasteiger charge is -2.21. The van der Waals surface area contributed by atoms with Gasteiger partial charge in [0, 0.05) is 0 Å². The van der Waals surface area contributed by atoms with E-state index in [9.17, 15) is 14.4 Å². The summed E-state index contributed by atoms with van der Waals surface area (Å²) in [7, 11) is 0. The van der Waals surface area contributed by atoms with Gasteiger partial charge in [-0.05, 0) is 6.42 Å². The van der Waals surface area contributed by atoms with Crippen LogP contribution in [0, 0.1) is 5.41 Å². The maximum Gasteiger partial charge on any atom is 0.328 e. The topological polar surface area (TPSA) is 123 Å². The number of carboxylic acids is 1. The molecule has 0 atom stereocenters. The van der Waals surface area contributed by atoms with E-state index in [1.807, 2.05) is 0 Å². The first kappa shape index (κ1) is 12.4. The standard InChI is InChI=1S/C8H14N2O4/c1-2-3-4-8(5(9)11,6(10)12)7(13)14/h2-4H2,1H3,(H2,9,11)(H2,10,12)(H,13,14). The summed E-state index contributed by atoms with van der Waals surface area (Å²) in [6.45, 7) is 1.80. The van der Waals surface area contributed by atoms with Gasteiger partial charge < -0.3 is 16.6 Å². The second-order valence-corrected chi connectivity index (χ2v) is 3.04. The second kappa shape index (κ2) is 4.59. The number of carboxylic acid groups (broad SMARTS) is 1. The molecule has 0 spiro atoms. The molecule has 2 amide bonds. The molecule has 0 bridgehead atoms. The van der Waals surface area contributed by atoms with E-state index < -0.39 is 23.2 Å². The van der Waals surface area contributed by atoms with Crippen LogP contribution in [0.4, 0.5) is 0 Å². The lowest BCUT2D eigenvalue weighted by atomic mass is 9.81. The number of rotatable bonds is 6. The lowest BCUT2D eigenvalue weighted by molar-refractivity contribution is -0.160. The predicted molar refractivity (Wildman–Crippen MR) is 48.0 cm³/mol. The summed E-state index contributed by atoms with van der Waals surface area (Å²) in [5.41, 5.74) is 7.53. The molecule has 0 saturated carbocycles. The summed E-state index contributed by atoms with van der Waals surface area (Å²) < 4.78 is 0. The molecule has 14 heavy (non-hydrogen) atoms. The number of nitrogens with two attached hydrogens (primary N) is 2. The van der Waals surface area contributed by atoms with Crippen molar-refractivity contribution in [2.24, 2.45) is 16.9 Å². The predicted octanol–water partition coefficient (Wildman–Crippen LogP) is -0.782. The van der Waals surface area contributed by atoms with Crippen molar-refractivity contribution >= 4 is 17.8 Å². The molecule has 0 heterocycles. The molecule has 80 valence electrons. The summed E-state index contributed by atoms with van der Waals surface area (Å²) in [6.07, 6.45) is 0.900. The van der Waals surface area contributed by atoms with Crippen LogP contribution in [0.3, 0.4) is 0 Å². The zero-order valence-corrected chi connectivity index (χ0v) is 7.95. The van der Waals surface area contributed by atoms with Gasteiger partial charge in [-0.1, -0.05) is 19.8 Å². The molecule has 0 radical (unpaired) electrons. The highest BCUT2D eigenvalue weighted by Crippen LogP contribution is 2.24. The second-order valence-electron chi connectivity index (χ2n) is 3.04. The van der Waals surface area contributed by atoms with Crippen LogP contribution in [0.15, 0.2) is 0 Å². The molecule has 0 aromatic heterocycles. The van der Waals surface area contributed by atoms with Crippen molar-refractivity contribution in [1.82, 2.24) is 0 Å². The van der Waals surface area contributed by atoms with Crippen molar-refractivity contribution in [2.75, 3.05) is 0 Å². The highest BCUT2D eigenvalue weighted by molar-refractivity contribution is 6.19. The van der Waals surface area contributed by atoms with Crippen molar-refractivity contribution in [3.8, 4) is 0 Å². The third-order valence-electron chi connectivity index (χ3n) is 2.11. The van der Waals surface area contributed by atoms with Gasteiger partial charge >= 0.3 is 5.97 Å². The first-order valence-electron chi connectivity index (χ1n) is 4.22. The van der Waals surface area contributed by atoms with E-state index in [0.29, 0.717) is 12.8 Å². The van der Waals surface area contributed by atoms with E-state index in [-0.39, 0.29) is 6.42 Å². The summed E-state index contributed by atoms with van der Waals surface area (Å²) in [5, 5.41) is 8.79. The zero-order chi connectivity index (χ0) is 11.4. The number of amides is 2. The van der Waals surface area contributed by atoms with Gasteiger partial charge in [0.2, 0.25) is 17.2 Å². The van der Waals surface area contributed by atoms with Crippen molar-refractivity contribution in [1.29, 1.82) is 0 Å². The van der Waals surface area contributed by atoms with Gasteiger partial charge in [0.1, 0.15) is 0 Å². The van der Waals surface area contributed by atoms with Gasteiger partial charge in [-0.3, -0.25) is 14.4 Å². The van der Waals surface area contributed by atoms with Crippen molar-refractivity contribution in [2.45, 2.75) is 26.2 Å². The number of primary amides is 2. The van der Waals surface area contributed by atoms with Gasteiger partial charge in [0.05, 0.1) is 0 Å². The van der Waals surface area contributed by atoms with Gasteiger partial charge in [-0.15, -0.1) is 0 Å². The average Bonchev–Trinajstić information content (AvgIpc) is 2.03. The van der Waals surface area contributed by atoms with E-state index in [2.05, 4.69) is 0 Å². The Bertz CT molecular complexity index is 226. The smallest absolute Gasteiger partial charge is 0.328 e. The lowest BCUT2D eigenvalue weighted by Crippen LogP contribution is -2.53. The minimum absolute atomic E-state index is 0.149. The molecular formula is C8H14N2O4. The van der Waals surface area contributed by atoms with Crippen molar-refractivity contribution < 1.29 is 19.5 Å². The van der Waals surface area contributed by atoms with Gasteiger partial charge in [0.25, 0.3) is 0 Å². The Morgan fingerprint density at radius 2 is 1.64 bits per heavy atom. The molecule has 0 aliphatic heterocycles. The van der Waals surface area contributed by atoms with Crippen LogP contribution in [0.25, 0.3) is 0 Å². The molecule has 0 aliphatic carbocycles. The number of aliphatic carboxylic acids is 1. The third-order valence-corrected chi connectivity index (χ3v) is 2.11. The Morgan fingerprint density at radius 3 is 1.86 bits per heavy atom. The Balaban J connectivity index is 5.06. The number of unbranched alkanes of at least 4 members (excludes halogenated alkanes) is 1. The summed E-state index contributed by atoms with van der Waals surface area (Å²) in [4.78, 5) is 32.7. The Hall–Kier alpha value is -1.59. The van der Waals surface area contributed by atoms with Crippen molar-refractivity contribution in [3.05, 3.63) is 0 Å². The summed E-state index contributed by atoms with van der Waals surface area (Å²) in [5.74, 6) is -3.98. The fourth-order valence-corrected chi connectivity index (χ4v) is 1.13. The molecule has 5 N–H and O–H groups in total. The minimum Gasteiger partial charge on any atom is -0.480 e. The SMILES string of the molecule is CCCCC(C(N)=O)(C(N)=O)C(=O)O. The molecule has 0 aliphatic rings. The number of carbonyl (C=O) groups excluding carboxylic acids is 2. The molecular weight excluding hydrogens is 188 g/mol. The van der Waals surface area contributed by atoms with Gasteiger partial charge in [0.15, 0.2) is 0 Å². The molecule has 0 saturated heterocycles. The maximum absolute atomic E-state index is 11.0. The van der Waals surface area contributed by atoms with Crippen LogP contribution < -0.4 is 11.5 Å². The van der Waals surface area contributed by atoms with E-state index in [0.717, 1.165) is 0 Å². The number of hydrogen-bond acceptors (Lipinski definition) is 3. The van der Waals surface area contributed by atoms with Crippen LogP contribution in [0.1, 0.15) is 26.2 Å². The fourth-order valence-electron chi connectivity index (χ4n) is 1.13. The molecule has 6 heteroatoms. The normalized spacial score (nSPS) is 10.9. The van der Waals surface area contributed by atoms with E-state index in [4.69, 9.17) is 16.6 Å². The highest BCUT2D eigenvalue weighted by Gasteiger charge is 2.50. The minimum atomic E-state index is -2.25. The Morgan fingerprint density at radius 1 is 1.21 bits per heavy atom. The van der Waals surface area contributed by atoms with E-state index >= 15 is 0 Å². The molecule has 0 aromatic rings. The molecule has 6 nitrogen and oxygen atoms in total. The summed E-state index contributed by atoms with van der Waals surface area (Å²) in [6, 6.07) is 0. The number of hydrogen-bond donors (Lipinski definition) is 3. The first-order chi connectivity index (χ1) is 6.39. The van der Waals surface area contributed by atoms with Gasteiger partial charge in [-0.2, -0.15) is 0 Å². The van der Waals surface area contributed by atoms with Crippen molar-refractivity contribution in [3.63, 3.8) is 0 Å². The molecule has 0 aromatic carbocycles. The van der Waals surface area contributed by atoms with Crippen LogP contribution >= 0.6 is 0 Å². The van der Waals surface area contributed by atoms with Crippen LogP contribution in [0.5, 0.6) is 0 Å². The average molecular weight is 202 g/mol. The largest absolute Gasteiger partial charge is 0.480 e. The molecule has 0 unspecified atom stereocenters. The van der Waals surface area contributed by atoms with E-state index in [1.54, 1.807) is 6.92 Å². The molecule has 0 rings (SSSR count). The Labute approximate surface area is 81.3 Å². The monoisotopic (exact) mass is 202 g/mol. The number of carbonyl (C=O) groups is 3. The Kier molecular flexibility index (Phi) is 4.07. The van der Waals surface area contributed by atoms with E-state index in [1.165, 1.54) is 0 Å². The van der Waals surface area contributed by atoms with Crippen LogP contribution in [-0.4, -0.2) is 22.9 Å². The summed E-state index contributed by atoms with van der Waals surface area (Å²) >= 11 is 0. The van der Waals surface area contributed by atoms with Crippen LogP contribution in [0.2, 0.25) is 0 Å². The van der Waals surface area contributed by atoms with Gasteiger partial charge in [-0.25, -0.2) is 0 Å². The third kappa shape index (κ3) is 2.01.